The maximum Gasteiger partial charge on any atom is 0.138 e. The van der Waals surface area contributed by atoms with Crippen LogP contribution in [0.2, 0.25) is 0 Å². The Morgan fingerprint density at radius 1 is 1.67 bits per heavy atom. The maximum atomic E-state index is 5.54. The summed E-state index contributed by atoms with van der Waals surface area (Å²) in [4.78, 5) is 0. The van der Waals surface area contributed by atoms with Gasteiger partial charge in [0.15, 0.2) is 0 Å². The van der Waals surface area contributed by atoms with Crippen LogP contribution in [-0.4, -0.2) is 41.2 Å². The van der Waals surface area contributed by atoms with Crippen LogP contribution >= 0.6 is 0 Å². The molecule has 5 heteroatoms. The molecule has 0 aliphatic carbocycles. The number of rotatable bonds is 4. The molecule has 0 bridgehead atoms. The van der Waals surface area contributed by atoms with Crippen LogP contribution in [0.4, 0.5) is 0 Å². The number of aromatic nitrogens is 3. The van der Waals surface area contributed by atoms with Gasteiger partial charge in [0.1, 0.15) is 12.2 Å². The molecule has 0 N–H and O–H groups in total. The fourth-order valence-corrected chi connectivity index (χ4v) is 1.94. The lowest BCUT2D eigenvalue weighted by Crippen LogP contribution is -2.11. The zero-order chi connectivity index (χ0) is 10.7. The highest BCUT2D eigenvalue weighted by Gasteiger charge is 2.27. The lowest BCUT2D eigenvalue weighted by Gasteiger charge is -2.09. The molecule has 0 saturated carbocycles. The fourth-order valence-electron chi connectivity index (χ4n) is 1.94. The van der Waals surface area contributed by atoms with Crippen LogP contribution in [0.5, 0.6) is 0 Å². The van der Waals surface area contributed by atoms with E-state index in [0.29, 0.717) is 18.6 Å². The molecule has 2 atom stereocenters. The van der Waals surface area contributed by atoms with Crippen molar-refractivity contribution < 1.29 is 9.47 Å². The highest BCUT2D eigenvalue weighted by atomic mass is 16.5. The summed E-state index contributed by atoms with van der Waals surface area (Å²) in [6.07, 6.45) is 3.13. The van der Waals surface area contributed by atoms with Gasteiger partial charge in [0.05, 0.1) is 19.3 Å². The predicted molar refractivity (Wildman–Crippen MR) is 54.7 cm³/mol. The summed E-state index contributed by atoms with van der Waals surface area (Å²) in [5, 5.41) is 8.11. The van der Waals surface area contributed by atoms with E-state index in [9.17, 15) is 0 Å². The van der Waals surface area contributed by atoms with E-state index in [1.165, 1.54) is 0 Å². The van der Waals surface area contributed by atoms with Crippen LogP contribution in [0.15, 0.2) is 6.33 Å². The van der Waals surface area contributed by atoms with Gasteiger partial charge in [-0.05, 0) is 13.3 Å². The van der Waals surface area contributed by atoms with Crippen molar-refractivity contribution in [3.8, 4) is 0 Å². The first-order valence-electron chi connectivity index (χ1n) is 5.29. The molecule has 2 heterocycles. The third-order valence-electron chi connectivity index (χ3n) is 2.75. The van der Waals surface area contributed by atoms with Gasteiger partial charge in [0.25, 0.3) is 0 Å². The minimum atomic E-state index is 0.336. The molecule has 1 aliphatic heterocycles. The minimum Gasteiger partial charge on any atom is -0.383 e. The fraction of sp³-hybridized carbons (Fsp3) is 0.800. The Kier molecular flexibility index (Phi) is 3.33. The Morgan fingerprint density at radius 3 is 3.20 bits per heavy atom. The van der Waals surface area contributed by atoms with Crippen LogP contribution < -0.4 is 0 Å². The molecular weight excluding hydrogens is 194 g/mol. The first-order valence-corrected chi connectivity index (χ1v) is 5.29. The topological polar surface area (TPSA) is 49.2 Å². The van der Waals surface area contributed by atoms with E-state index in [1.54, 1.807) is 13.4 Å². The molecule has 0 aromatic carbocycles. The minimum absolute atomic E-state index is 0.336. The molecule has 0 amide bonds. The van der Waals surface area contributed by atoms with Crippen molar-refractivity contribution in [2.45, 2.75) is 31.9 Å². The van der Waals surface area contributed by atoms with Crippen LogP contribution in [-0.2, 0) is 16.0 Å². The van der Waals surface area contributed by atoms with Gasteiger partial charge in [-0.3, -0.25) is 0 Å². The number of nitrogens with zero attached hydrogens (tertiary/aromatic N) is 3. The second-order valence-electron chi connectivity index (χ2n) is 3.95. The molecule has 0 radical (unpaired) electrons. The van der Waals surface area contributed by atoms with Crippen LogP contribution in [0.3, 0.4) is 0 Å². The molecule has 1 aromatic rings. The van der Waals surface area contributed by atoms with E-state index in [1.807, 2.05) is 0 Å². The van der Waals surface area contributed by atoms with Gasteiger partial charge in [0, 0.05) is 19.6 Å². The Balaban J connectivity index is 2.04. The average molecular weight is 211 g/mol. The van der Waals surface area contributed by atoms with Gasteiger partial charge in [-0.25, -0.2) is 0 Å². The summed E-state index contributed by atoms with van der Waals surface area (Å²) in [5.74, 6) is 1.41. The van der Waals surface area contributed by atoms with Gasteiger partial charge in [-0.1, -0.05) is 0 Å². The summed E-state index contributed by atoms with van der Waals surface area (Å²) >= 11 is 0. The number of hydrogen-bond donors (Lipinski definition) is 0. The van der Waals surface area contributed by atoms with E-state index in [2.05, 4.69) is 21.7 Å². The van der Waals surface area contributed by atoms with Crippen molar-refractivity contribution in [2.24, 2.45) is 0 Å². The molecule has 1 saturated heterocycles. The molecule has 0 spiro atoms. The standard InChI is InChI=1S/C10H17N3O2/c1-8-5-9(6-15-8)10-12-11-7-13(10)3-4-14-2/h7-9H,3-6H2,1-2H3. The van der Waals surface area contributed by atoms with E-state index >= 15 is 0 Å². The van der Waals surface area contributed by atoms with E-state index in [4.69, 9.17) is 9.47 Å². The normalized spacial score (nSPS) is 26.0. The molecule has 15 heavy (non-hydrogen) atoms. The summed E-state index contributed by atoms with van der Waals surface area (Å²) in [6.45, 7) is 4.35. The van der Waals surface area contributed by atoms with Crippen LogP contribution in [0, 0.1) is 0 Å². The second-order valence-corrected chi connectivity index (χ2v) is 3.95. The first-order chi connectivity index (χ1) is 7.31. The van der Waals surface area contributed by atoms with Crippen LogP contribution in [0.1, 0.15) is 25.1 Å². The highest BCUT2D eigenvalue weighted by Crippen LogP contribution is 2.27. The third-order valence-corrected chi connectivity index (χ3v) is 2.75. The SMILES string of the molecule is COCCn1cnnc1C1COC(C)C1. The van der Waals surface area contributed by atoms with Crippen molar-refractivity contribution in [3.63, 3.8) is 0 Å². The third kappa shape index (κ3) is 2.35. The van der Waals surface area contributed by atoms with Gasteiger partial charge < -0.3 is 14.0 Å². The second kappa shape index (κ2) is 4.72. The molecule has 5 nitrogen and oxygen atoms in total. The lowest BCUT2D eigenvalue weighted by atomic mass is 10.1. The van der Waals surface area contributed by atoms with Crippen molar-refractivity contribution in [1.29, 1.82) is 0 Å². The summed E-state index contributed by atoms with van der Waals surface area (Å²) in [5.41, 5.74) is 0. The summed E-state index contributed by atoms with van der Waals surface area (Å²) < 4.78 is 12.6. The van der Waals surface area contributed by atoms with Crippen molar-refractivity contribution in [2.75, 3.05) is 20.3 Å². The smallest absolute Gasteiger partial charge is 0.138 e. The van der Waals surface area contributed by atoms with E-state index < -0.39 is 0 Å². The van der Waals surface area contributed by atoms with E-state index in [-0.39, 0.29) is 0 Å². The predicted octanol–water partition coefficient (Wildman–Crippen LogP) is 0.817. The summed E-state index contributed by atoms with van der Waals surface area (Å²) in [6, 6.07) is 0. The summed E-state index contributed by atoms with van der Waals surface area (Å²) in [7, 11) is 1.70. The molecular formula is C10H17N3O2. The van der Waals surface area contributed by atoms with E-state index in [0.717, 1.165) is 25.4 Å². The average Bonchev–Trinajstić information content (AvgIpc) is 2.82. The van der Waals surface area contributed by atoms with Crippen molar-refractivity contribution in [1.82, 2.24) is 14.8 Å². The Labute approximate surface area is 89.4 Å². The van der Waals surface area contributed by atoms with Gasteiger partial charge in [0.2, 0.25) is 0 Å². The van der Waals surface area contributed by atoms with Gasteiger partial charge in [-0.2, -0.15) is 0 Å². The zero-order valence-corrected chi connectivity index (χ0v) is 9.22. The van der Waals surface area contributed by atoms with Crippen molar-refractivity contribution >= 4 is 0 Å². The Hall–Kier alpha value is -0.940. The lowest BCUT2D eigenvalue weighted by molar-refractivity contribution is 0.123. The zero-order valence-electron chi connectivity index (χ0n) is 9.22. The molecule has 1 fully saturated rings. The quantitative estimate of drug-likeness (QED) is 0.739. The Bertz CT molecular complexity index is 313. The number of ether oxygens (including phenoxy) is 2. The number of methoxy groups -OCH3 is 1. The molecule has 2 rings (SSSR count). The molecule has 1 aromatic heterocycles. The van der Waals surface area contributed by atoms with Gasteiger partial charge in [-0.15, -0.1) is 10.2 Å². The molecule has 84 valence electrons. The van der Waals surface area contributed by atoms with Crippen molar-refractivity contribution in [3.05, 3.63) is 12.2 Å². The first kappa shape index (κ1) is 10.6. The Morgan fingerprint density at radius 2 is 2.53 bits per heavy atom. The highest BCUT2D eigenvalue weighted by molar-refractivity contribution is 4.99. The monoisotopic (exact) mass is 211 g/mol. The maximum absolute atomic E-state index is 5.54. The molecule has 1 aliphatic rings. The molecule has 2 unspecified atom stereocenters. The van der Waals surface area contributed by atoms with Crippen LogP contribution in [0.25, 0.3) is 0 Å². The van der Waals surface area contributed by atoms with Gasteiger partial charge >= 0.3 is 0 Å². The number of hydrogen-bond acceptors (Lipinski definition) is 4. The largest absolute Gasteiger partial charge is 0.383 e.